The third kappa shape index (κ3) is 4.75. The van der Waals surface area contributed by atoms with Crippen molar-refractivity contribution in [2.75, 3.05) is 0 Å². The highest BCUT2D eigenvalue weighted by molar-refractivity contribution is 5.75. The molecule has 21 heavy (non-hydrogen) atoms. The average Bonchev–Trinajstić information content (AvgIpc) is 2.42. The number of aryl methyl sites for hydroxylation is 1. The highest BCUT2D eigenvalue weighted by Gasteiger charge is 2.09. The largest absolute Gasteiger partial charge is 0.457 e. The summed E-state index contributed by atoms with van der Waals surface area (Å²) in [4.78, 5) is 11.2. The van der Waals surface area contributed by atoms with Crippen molar-refractivity contribution >= 4 is 5.78 Å². The first-order valence-electron chi connectivity index (χ1n) is 7.36. The van der Waals surface area contributed by atoms with E-state index in [-0.39, 0.29) is 5.78 Å². The number of benzene rings is 2. The maximum atomic E-state index is 11.2. The summed E-state index contributed by atoms with van der Waals surface area (Å²) in [7, 11) is 0. The standard InChI is InChI=1S/C19H22O2/c1-14(11-16(3)20)12-17-9-10-19(13-15(17)2)21-18-7-5-4-6-8-18/h4-10,13-14H,11-12H2,1-3H3. The van der Waals surface area contributed by atoms with Crippen molar-refractivity contribution in [3.8, 4) is 11.5 Å². The molecule has 0 amide bonds. The quantitative estimate of drug-likeness (QED) is 0.749. The fourth-order valence-corrected chi connectivity index (χ4v) is 2.52. The molecule has 0 aliphatic rings. The Labute approximate surface area is 126 Å². The van der Waals surface area contributed by atoms with Gasteiger partial charge < -0.3 is 9.53 Å². The molecule has 0 aliphatic carbocycles. The molecule has 0 saturated carbocycles. The van der Waals surface area contributed by atoms with Crippen LogP contribution >= 0.6 is 0 Å². The topological polar surface area (TPSA) is 26.3 Å². The van der Waals surface area contributed by atoms with Crippen LogP contribution in [0.2, 0.25) is 0 Å². The molecule has 0 radical (unpaired) electrons. The van der Waals surface area contributed by atoms with Gasteiger partial charge in [0.15, 0.2) is 0 Å². The number of ketones is 1. The Bertz CT molecular complexity index is 602. The van der Waals surface area contributed by atoms with Crippen LogP contribution in [-0.4, -0.2) is 5.78 Å². The molecule has 0 saturated heterocycles. The van der Waals surface area contributed by atoms with E-state index < -0.39 is 0 Å². The number of carbonyl (C=O) groups is 1. The number of Topliss-reactive ketones (excluding diaryl/α,β-unsaturated/α-hetero) is 1. The summed E-state index contributed by atoms with van der Waals surface area (Å²) >= 11 is 0. The molecule has 2 aromatic carbocycles. The van der Waals surface area contributed by atoms with Crippen LogP contribution in [0.3, 0.4) is 0 Å². The second-order valence-electron chi connectivity index (χ2n) is 5.72. The lowest BCUT2D eigenvalue weighted by Gasteiger charge is -2.13. The van der Waals surface area contributed by atoms with Crippen LogP contribution in [0.4, 0.5) is 0 Å². The predicted molar refractivity (Wildman–Crippen MR) is 85.9 cm³/mol. The third-order valence-corrected chi connectivity index (χ3v) is 3.50. The van der Waals surface area contributed by atoms with Gasteiger partial charge in [0, 0.05) is 6.42 Å². The van der Waals surface area contributed by atoms with Gasteiger partial charge in [-0.2, -0.15) is 0 Å². The summed E-state index contributed by atoms with van der Waals surface area (Å²) in [5, 5.41) is 0. The summed E-state index contributed by atoms with van der Waals surface area (Å²) in [6, 6.07) is 15.9. The molecule has 0 bridgehead atoms. The van der Waals surface area contributed by atoms with E-state index in [1.807, 2.05) is 36.4 Å². The maximum Gasteiger partial charge on any atom is 0.130 e. The highest BCUT2D eigenvalue weighted by Crippen LogP contribution is 2.25. The lowest BCUT2D eigenvalue weighted by atomic mass is 9.94. The van der Waals surface area contributed by atoms with Gasteiger partial charge in [-0.1, -0.05) is 31.2 Å². The molecule has 110 valence electrons. The van der Waals surface area contributed by atoms with E-state index >= 15 is 0 Å². The van der Waals surface area contributed by atoms with E-state index in [1.54, 1.807) is 6.92 Å². The normalized spacial score (nSPS) is 12.0. The molecule has 2 heteroatoms. The van der Waals surface area contributed by atoms with Gasteiger partial charge >= 0.3 is 0 Å². The summed E-state index contributed by atoms with van der Waals surface area (Å²) in [6.45, 7) is 5.86. The minimum Gasteiger partial charge on any atom is -0.457 e. The van der Waals surface area contributed by atoms with Crippen molar-refractivity contribution in [2.24, 2.45) is 5.92 Å². The summed E-state index contributed by atoms with van der Waals surface area (Å²) in [5.74, 6) is 2.32. The zero-order valence-corrected chi connectivity index (χ0v) is 12.9. The number of rotatable bonds is 6. The number of carbonyl (C=O) groups excluding carboxylic acids is 1. The first-order chi connectivity index (χ1) is 10.0. The van der Waals surface area contributed by atoms with Crippen LogP contribution in [0.1, 0.15) is 31.4 Å². The van der Waals surface area contributed by atoms with E-state index in [9.17, 15) is 4.79 Å². The Kier molecular flexibility index (Phi) is 5.15. The van der Waals surface area contributed by atoms with Gasteiger partial charge in [-0.05, 0) is 61.6 Å². The molecule has 0 heterocycles. The number of hydrogen-bond acceptors (Lipinski definition) is 2. The Balaban J connectivity index is 2.05. The fraction of sp³-hybridized carbons (Fsp3) is 0.316. The molecule has 0 aliphatic heterocycles. The lowest BCUT2D eigenvalue weighted by Crippen LogP contribution is -2.06. The van der Waals surface area contributed by atoms with Gasteiger partial charge in [0.2, 0.25) is 0 Å². The van der Waals surface area contributed by atoms with Crippen molar-refractivity contribution < 1.29 is 9.53 Å². The highest BCUT2D eigenvalue weighted by atomic mass is 16.5. The SMILES string of the molecule is CC(=O)CC(C)Cc1ccc(Oc2ccccc2)cc1C. The van der Waals surface area contributed by atoms with Crippen LogP contribution in [0.15, 0.2) is 48.5 Å². The van der Waals surface area contributed by atoms with Gasteiger partial charge in [-0.25, -0.2) is 0 Å². The molecule has 1 unspecified atom stereocenters. The lowest BCUT2D eigenvalue weighted by molar-refractivity contribution is -0.117. The van der Waals surface area contributed by atoms with Crippen LogP contribution in [0.25, 0.3) is 0 Å². The average molecular weight is 282 g/mol. The van der Waals surface area contributed by atoms with E-state index in [4.69, 9.17) is 4.74 Å². The summed E-state index contributed by atoms with van der Waals surface area (Å²) in [5.41, 5.74) is 2.49. The summed E-state index contributed by atoms with van der Waals surface area (Å²) in [6.07, 6.45) is 1.57. The smallest absolute Gasteiger partial charge is 0.130 e. The number of ether oxygens (including phenoxy) is 1. The van der Waals surface area contributed by atoms with Crippen molar-refractivity contribution in [1.29, 1.82) is 0 Å². The van der Waals surface area contributed by atoms with Crippen LogP contribution in [-0.2, 0) is 11.2 Å². The first-order valence-corrected chi connectivity index (χ1v) is 7.36. The second kappa shape index (κ2) is 7.07. The number of hydrogen-bond donors (Lipinski definition) is 0. The predicted octanol–water partition coefficient (Wildman–Crippen LogP) is 4.95. The van der Waals surface area contributed by atoms with Gasteiger partial charge in [-0.3, -0.25) is 0 Å². The molecular formula is C19H22O2. The Hall–Kier alpha value is -2.09. The second-order valence-corrected chi connectivity index (χ2v) is 5.72. The monoisotopic (exact) mass is 282 g/mol. The van der Waals surface area contributed by atoms with Gasteiger partial charge in [-0.15, -0.1) is 0 Å². The molecule has 2 aromatic rings. The molecule has 0 N–H and O–H groups in total. The molecule has 0 aromatic heterocycles. The first kappa shape index (κ1) is 15.3. The minimum absolute atomic E-state index is 0.254. The Morgan fingerprint density at radius 1 is 1.10 bits per heavy atom. The Morgan fingerprint density at radius 3 is 2.43 bits per heavy atom. The Morgan fingerprint density at radius 2 is 1.81 bits per heavy atom. The molecular weight excluding hydrogens is 260 g/mol. The molecule has 1 atom stereocenters. The molecule has 2 rings (SSSR count). The van der Waals surface area contributed by atoms with Gasteiger partial charge in [0.1, 0.15) is 17.3 Å². The molecule has 2 nitrogen and oxygen atoms in total. The van der Waals surface area contributed by atoms with E-state index in [0.29, 0.717) is 12.3 Å². The van der Waals surface area contributed by atoms with Crippen molar-refractivity contribution in [1.82, 2.24) is 0 Å². The molecule has 0 spiro atoms. The van der Waals surface area contributed by atoms with E-state index in [0.717, 1.165) is 17.9 Å². The van der Waals surface area contributed by atoms with Gasteiger partial charge in [0.25, 0.3) is 0 Å². The summed E-state index contributed by atoms with van der Waals surface area (Å²) < 4.78 is 5.83. The zero-order chi connectivity index (χ0) is 15.2. The number of para-hydroxylation sites is 1. The van der Waals surface area contributed by atoms with Crippen LogP contribution in [0.5, 0.6) is 11.5 Å². The van der Waals surface area contributed by atoms with Crippen LogP contribution in [0, 0.1) is 12.8 Å². The van der Waals surface area contributed by atoms with Crippen molar-refractivity contribution in [3.63, 3.8) is 0 Å². The maximum absolute atomic E-state index is 11.2. The van der Waals surface area contributed by atoms with E-state index in [2.05, 4.69) is 26.0 Å². The fourth-order valence-electron chi connectivity index (χ4n) is 2.52. The van der Waals surface area contributed by atoms with E-state index in [1.165, 1.54) is 11.1 Å². The van der Waals surface area contributed by atoms with Crippen molar-refractivity contribution in [2.45, 2.75) is 33.6 Å². The van der Waals surface area contributed by atoms with Crippen LogP contribution < -0.4 is 4.74 Å². The third-order valence-electron chi connectivity index (χ3n) is 3.50. The minimum atomic E-state index is 0.254. The van der Waals surface area contributed by atoms with Crippen molar-refractivity contribution in [3.05, 3.63) is 59.7 Å². The zero-order valence-electron chi connectivity index (χ0n) is 12.9. The molecule has 0 fully saturated rings. The van der Waals surface area contributed by atoms with Gasteiger partial charge in [0.05, 0.1) is 0 Å².